The second kappa shape index (κ2) is 5.87. The fourth-order valence-electron chi connectivity index (χ4n) is 2.41. The standard InChI is InChI=1S/C14H20N2O2/c1-15-9-11-6-7-16(10-11)14(17)12-4-3-5-13(8-12)18-2/h3-5,8,11,15H,6-7,9-10H2,1-2H3. The van der Waals surface area contributed by atoms with Crippen LogP contribution in [-0.2, 0) is 0 Å². The van der Waals surface area contributed by atoms with Crippen molar-refractivity contribution >= 4 is 5.91 Å². The topological polar surface area (TPSA) is 41.6 Å². The largest absolute Gasteiger partial charge is 0.497 e. The molecule has 0 spiro atoms. The molecule has 4 heteroatoms. The van der Waals surface area contributed by atoms with Crippen LogP contribution in [0.15, 0.2) is 24.3 Å². The Hall–Kier alpha value is -1.55. The lowest BCUT2D eigenvalue weighted by molar-refractivity contribution is 0.0787. The molecule has 1 saturated heterocycles. The third-order valence-corrected chi connectivity index (χ3v) is 3.38. The number of carbonyl (C=O) groups excluding carboxylic acids is 1. The molecule has 1 amide bonds. The first-order chi connectivity index (χ1) is 8.74. The van der Waals surface area contributed by atoms with Crippen LogP contribution < -0.4 is 10.1 Å². The zero-order valence-electron chi connectivity index (χ0n) is 11.0. The molecule has 1 aromatic carbocycles. The van der Waals surface area contributed by atoms with Gasteiger partial charge < -0.3 is 15.0 Å². The Morgan fingerprint density at radius 3 is 3.11 bits per heavy atom. The number of ether oxygens (including phenoxy) is 1. The van der Waals surface area contributed by atoms with Gasteiger partial charge in [-0.05, 0) is 44.1 Å². The Labute approximate surface area is 108 Å². The van der Waals surface area contributed by atoms with E-state index in [9.17, 15) is 4.79 Å². The summed E-state index contributed by atoms with van der Waals surface area (Å²) in [5.74, 6) is 1.41. The molecule has 0 aromatic heterocycles. The monoisotopic (exact) mass is 248 g/mol. The van der Waals surface area contributed by atoms with Crippen LogP contribution in [0.5, 0.6) is 5.75 Å². The number of amides is 1. The van der Waals surface area contributed by atoms with Crippen LogP contribution in [0.2, 0.25) is 0 Å². The highest BCUT2D eigenvalue weighted by Gasteiger charge is 2.26. The van der Waals surface area contributed by atoms with E-state index in [1.807, 2.05) is 30.1 Å². The molecule has 18 heavy (non-hydrogen) atoms. The van der Waals surface area contributed by atoms with Gasteiger partial charge in [-0.2, -0.15) is 0 Å². The summed E-state index contributed by atoms with van der Waals surface area (Å²) in [6.07, 6.45) is 1.08. The number of nitrogens with one attached hydrogen (secondary N) is 1. The van der Waals surface area contributed by atoms with Gasteiger partial charge in [-0.25, -0.2) is 0 Å². The van der Waals surface area contributed by atoms with Crippen molar-refractivity contribution < 1.29 is 9.53 Å². The molecule has 1 aromatic rings. The Kier molecular flexibility index (Phi) is 4.20. The number of carbonyl (C=O) groups is 1. The molecule has 0 radical (unpaired) electrons. The molecule has 1 heterocycles. The lowest BCUT2D eigenvalue weighted by atomic mass is 10.1. The molecule has 1 aliphatic rings. The van der Waals surface area contributed by atoms with Gasteiger partial charge in [0.1, 0.15) is 5.75 Å². The van der Waals surface area contributed by atoms with Gasteiger partial charge in [0.25, 0.3) is 5.91 Å². The molecule has 1 atom stereocenters. The van der Waals surface area contributed by atoms with Gasteiger partial charge >= 0.3 is 0 Å². The molecule has 1 N–H and O–H groups in total. The van der Waals surface area contributed by atoms with Crippen LogP contribution in [0.4, 0.5) is 0 Å². The summed E-state index contributed by atoms with van der Waals surface area (Å²) in [5.41, 5.74) is 0.708. The summed E-state index contributed by atoms with van der Waals surface area (Å²) >= 11 is 0. The highest BCUT2D eigenvalue weighted by Crippen LogP contribution is 2.20. The van der Waals surface area contributed by atoms with Crippen LogP contribution in [0.3, 0.4) is 0 Å². The van der Waals surface area contributed by atoms with Crippen LogP contribution in [0.1, 0.15) is 16.8 Å². The van der Waals surface area contributed by atoms with Crippen molar-refractivity contribution in [2.75, 3.05) is 33.8 Å². The second-order valence-corrected chi connectivity index (χ2v) is 4.70. The summed E-state index contributed by atoms with van der Waals surface area (Å²) in [4.78, 5) is 14.2. The molecule has 2 rings (SSSR count). The highest BCUT2D eigenvalue weighted by molar-refractivity contribution is 5.94. The minimum atomic E-state index is 0.104. The third kappa shape index (κ3) is 2.82. The molecule has 1 unspecified atom stereocenters. The Morgan fingerprint density at radius 2 is 2.39 bits per heavy atom. The molecular weight excluding hydrogens is 228 g/mol. The SMILES string of the molecule is CNCC1CCN(C(=O)c2cccc(OC)c2)C1. The van der Waals surface area contributed by atoms with Crippen molar-refractivity contribution in [3.8, 4) is 5.75 Å². The number of likely N-dealkylation sites (tertiary alicyclic amines) is 1. The minimum absolute atomic E-state index is 0.104. The number of nitrogens with zero attached hydrogens (tertiary/aromatic N) is 1. The maximum Gasteiger partial charge on any atom is 0.253 e. The maximum absolute atomic E-state index is 12.3. The Morgan fingerprint density at radius 1 is 1.56 bits per heavy atom. The predicted octanol–water partition coefficient (Wildman–Crippen LogP) is 1.38. The minimum Gasteiger partial charge on any atom is -0.497 e. The average molecular weight is 248 g/mol. The predicted molar refractivity (Wildman–Crippen MR) is 70.9 cm³/mol. The normalized spacial score (nSPS) is 19.0. The van der Waals surface area contributed by atoms with E-state index >= 15 is 0 Å². The molecule has 1 fully saturated rings. The van der Waals surface area contributed by atoms with Crippen molar-refractivity contribution in [2.45, 2.75) is 6.42 Å². The first-order valence-corrected chi connectivity index (χ1v) is 6.32. The van der Waals surface area contributed by atoms with Crippen molar-refractivity contribution in [3.63, 3.8) is 0 Å². The van der Waals surface area contributed by atoms with E-state index < -0.39 is 0 Å². The van der Waals surface area contributed by atoms with E-state index in [-0.39, 0.29) is 5.91 Å². The van der Waals surface area contributed by atoms with Gasteiger partial charge in [0, 0.05) is 18.7 Å². The third-order valence-electron chi connectivity index (χ3n) is 3.38. The van der Waals surface area contributed by atoms with E-state index in [0.29, 0.717) is 11.5 Å². The molecule has 0 saturated carbocycles. The zero-order chi connectivity index (χ0) is 13.0. The fraction of sp³-hybridized carbons (Fsp3) is 0.500. The number of benzene rings is 1. The summed E-state index contributed by atoms with van der Waals surface area (Å²) < 4.78 is 5.15. The Balaban J connectivity index is 2.03. The van der Waals surface area contributed by atoms with Crippen molar-refractivity contribution in [1.82, 2.24) is 10.2 Å². The molecule has 0 aliphatic carbocycles. The highest BCUT2D eigenvalue weighted by atomic mass is 16.5. The zero-order valence-corrected chi connectivity index (χ0v) is 11.0. The molecular formula is C14H20N2O2. The molecule has 98 valence electrons. The van der Waals surface area contributed by atoms with Crippen LogP contribution in [0.25, 0.3) is 0 Å². The van der Waals surface area contributed by atoms with E-state index in [1.165, 1.54) is 0 Å². The van der Waals surface area contributed by atoms with Crippen molar-refractivity contribution in [1.29, 1.82) is 0 Å². The first-order valence-electron chi connectivity index (χ1n) is 6.32. The van der Waals surface area contributed by atoms with E-state index in [4.69, 9.17) is 4.74 Å². The van der Waals surface area contributed by atoms with E-state index in [2.05, 4.69) is 5.32 Å². The van der Waals surface area contributed by atoms with Crippen LogP contribution in [-0.4, -0.2) is 44.6 Å². The van der Waals surface area contributed by atoms with Gasteiger partial charge in [-0.15, -0.1) is 0 Å². The lowest BCUT2D eigenvalue weighted by Crippen LogP contribution is -2.30. The van der Waals surface area contributed by atoms with Gasteiger partial charge in [0.15, 0.2) is 0 Å². The molecule has 4 nitrogen and oxygen atoms in total. The number of hydrogen-bond acceptors (Lipinski definition) is 3. The van der Waals surface area contributed by atoms with Crippen LogP contribution >= 0.6 is 0 Å². The van der Waals surface area contributed by atoms with E-state index in [1.54, 1.807) is 13.2 Å². The molecule has 1 aliphatic heterocycles. The first kappa shape index (κ1) is 12.9. The van der Waals surface area contributed by atoms with Gasteiger partial charge in [0.2, 0.25) is 0 Å². The summed E-state index contributed by atoms with van der Waals surface area (Å²) in [6.45, 7) is 2.67. The second-order valence-electron chi connectivity index (χ2n) is 4.70. The summed E-state index contributed by atoms with van der Waals surface area (Å²) in [6, 6.07) is 7.35. The lowest BCUT2D eigenvalue weighted by Gasteiger charge is -2.17. The summed E-state index contributed by atoms with van der Waals surface area (Å²) in [7, 11) is 3.56. The number of hydrogen-bond donors (Lipinski definition) is 1. The van der Waals surface area contributed by atoms with E-state index in [0.717, 1.165) is 31.8 Å². The van der Waals surface area contributed by atoms with Gasteiger partial charge in [-0.3, -0.25) is 4.79 Å². The van der Waals surface area contributed by atoms with Crippen molar-refractivity contribution in [2.24, 2.45) is 5.92 Å². The quantitative estimate of drug-likeness (QED) is 0.875. The average Bonchev–Trinajstić information content (AvgIpc) is 2.87. The molecule has 0 bridgehead atoms. The Bertz CT molecular complexity index is 420. The smallest absolute Gasteiger partial charge is 0.253 e. The van der Waals surface area contributed by atoms with Crippen LogP contribution in [0, 0.1) is 5.92 Å². The van der Waals surface area contributed by atoms with Gasteiger partial charge in [-0.1, -0.05) is 6.07 Å². The van der Waals surface area contributed by atoms with Crippen molar-refractivity contribution in [3.05, 3.63) is 29.8 Å². The summed E-state index contributed by atoms with van der Waals surface area (Å²) in [5, 5.41) is 3.17. The van der Waals surface area contributed by atoms with Gasteiger partial charge in [0.05, 0.1) is 7.11 Å². The number of methoxy groups -OCH3 is 1. The number of rotatable bonds is 4. The maximum atomic E-state index is 12.3. The fourth-order valence-corrected chi connectivity index (χ4v) is 2.41.